The molecule has 1 heterocycles. The molecule has 1 aromatic rings. The monoisotopic (exact) mass is 297 g/mol. The second-order valence-corrected chi connectivity index (χ2v) is 5.36. The van der Waals surface area contributed by atoms with E-state index >= 15 is 0 Å². The molecule has 1 saturated heterocycles. The average Bonchev–Trinajstić information content (AvgIpc) is 3.02. The van der Waals surface area contributed by atoms with Gasteiger partial charge in [-0.1, -0.05) is 22.0 Å². The summed E-state index contributed by atoms with van der Waals surface area (Å²) < 4.78 is 14.2. The molecule has 1 aromatic carbocycles. The zero-order valence-corrected chi connectivity index (χ0v) is 10.4. The zero-order chi connectivity index (χ0) is 12.2. The number of rotatable bonds is 2. The molecule has 0 aromatic heterocycles. The minimum absolute atomic E-state index is 0.0454. The fourth-order valence-corrected chi connectivity index (χ4v) is 2.56. The minimum Gasteiger partial charge on any atom is -0.278 e. The van der Waals surface area contributed by atoms with Gasteiger partial charge in [-0.25, -0.2) is 4.39 Å². The summed E-state index contributed by atoms with van der Waals surface area (Å²) in [5.41, 5.74) is 0.371. The fraction of sp³-hybridized carbons (Fsp3) is 0.333. The van der Waals surface area contributed by atoms with Crippen LogP contribution in [-0.4, -0.2) is 16.7 Å². The molecule has 1 aliphatic heterocycles. The highest BCUT2D eigenvalue weighted by Gasteiger charge is 2.58. The van der Waals surface area contributed by atoms with Crippen molar-refractivity contribution >= 4 is 27.7 Å². The van der Waals surface area contributed by atoms with Crippen molar-refractivity contribution < 1.29 is 14.0 Å². The zero-order valence-electron chi connectivity index (χ0n) is 8.82. The molecule has 2 amide bonds. The Labute approximate surface area is 106 Å². The van der Waals surface area contributed by atoms with Crippen LogP contribution in [0.3, 0.4) is 0 Å². The molecule has 2 unspecified atom stereocenters. The maximum absolute atomic E-state index is 13.6. The molecule has 0 radical (unpaired) electrons. The Bertz CT molecular complexity index is 511. The van der Waals surface area contributed by atoms with Gasteiger partial charge < -0.3 is 0 Å². The van der Waals surface area contributed by atoms with Crippen LogP contribution in [0.1, 0.15) is 12.0 Å². The number of hydrogen-bond acceptors (Lipinski definition) is 2. The number of hydrogen-bond donors (Lipinski definition) is 0. The highest BCUT2D eigenvalue weighted by molar-refractivity contribution is 9.10. The third-order valence-corrected chi connectivity index (χ3v) is 3.79. The van der Waals surface area contributed by atoms with Gasteiger partial charge in [-0.15, -0.1) is 0 Å². The summed E-state index contributed by atoms with van der Waals surface area (Å²) in [6, 6.07) is 4.62. The Balaban J connectivity index is 1.83. The maximum Gasteiger partial charge on any atom is 0.233 e. The van der Waals surface area contributed by atoms with E-state index < -0.39 is 5.82 Å². The molecule has 0 N–H and O–H groups in total. The Morgan fingerprint density at radius 1 is 1.29 bits per heavy atom. The van der Waals surface area contributed by atoms with Crippen molar-refractivity contribution in [2.45, 2.75) is 13.0 Å². The van der Waals surface area contributed by atoms with E-state index in [1.54, 1.807) is 12.1 Å². The van der Waals surface area contributed by atoms with Crippen molar-refractivity contribution in [2.24, 2.45) is 11.8 Å². The van der Waals surface area contributed by atoms with E-state index in [-0.39, 0.29) is 30.2 Å². The molecule has 2 atom stereocenters. The van der Waals surface area contributed by atoms with Gasteiger partial charge in [0.05, 0.1) is 18.4 Å². The van der Waals surface area contributed by atoms with E-state index in [0.29, 0.717) is 16.5 Å². The van der Waals surface area contributed by atoms with Gasteiger partial charge in [0.1, 0.15) is 5.82 Å². The number of fused-ring (bicyclic) bond motifs is 1. The first-order valence-corrected chi connectivity index (χ1v) is 6.16. The van der Waals surface area contributed by atoms with Crippen LogP contribution in [0, 0.1) is 17.7 Å². The lowest BCUT2D eigenvalue weighted by molar-refractivity contribution is -0.142. The largest absolute Gasteiger partial charge is 0.278 e. The molecule has 1 saturated carbocycles. The van der Waals surface area contributed by atoms with E-state index in [1.807, 2.05) is 0 Å². The first kappa shape index (κ1) is 10.9. The second kappa shape index (κ2) is 3.63. The number of carbonyl (C=O) groups excluding carboxylic acids is 2. The SMILES string of the molecule is O=C1C2CC2C(=O)N1Cc1ccc(Br)cc1F. The lowest BCUT2D eigenvalue weighted by Crippen LogP contribution is -2.32. The summed E-state index contributed by atoms with van der Waals surface area (Å²) in [5.74, 6) is -0.952. The number of nitrogens with zero attached hydrogens (tertiary/aromatic N) is 1. The predicted octanol–water partition coefficient (Wildman–Crippen LogP) is 2.09. The number of halogens is 2. The molecule has 2 aliphatic rings. The number of likely N-dealkylation sites (tertiary alicyclic amines) is 1. The van der Waals surface area contributed by atoms with Crippen molar-refractivity contribution in [1.82, 2.24) is 4.90 Å². The first-order chi connectivity index (χ1) is 8.08. The summed E-state index contributed by atoms with van der Waals surface area (Å²) in [7, 11) is 0. The van der Waals surface area contributed by atoms with Gasteiger partial charge in [0.2, 0.25) is 11.8 Å². The Morgan fingerprint density at radius 2 is 1.94 bits per heavy atom. The molecular weight excluding hydrogens is 289 g/mol. The quantitative estimate of drug-likeness (QED) is 0.784. The smallest absolute Gasteiger partial charge is 0.233 e. The van der Waals surface area contributed by atoms with E-state index in [0.717, 1.165) is 0 Å². The molecule has 88 valence electrons. The lowest BCUT2D eigenvalue weighted by Gasteiger charge is -2.16. The van der Waals surface area contributed by atoms with Crippen molar-refractivity contribution in [3.63, 3.8) is 0 Å². The number of carbonyl (C=O) groups is 2. The fourth-order valence-electron chi connectivity index (χ4n) is 2.23. The van der Waals surface area contributed by atoms with Crippen LogP contribution in [0.15, 0.2) is 22.7 Å². The summed E-state index contributed by atoms with van der Waals surface area (Å²) in [6.07, 6.45) is 0.678. The van der Waals surface area contributed by atoms with Crippen LogP contribution in [0.2, 0.25) is 0 Å². The lowest BCUT2D eigenvalue weighted by atomic mass is 10.2. The van der Waals surface area contributed by atoms with Gasteiger partial charge in [-0.2, -0.15) is 0 Å². The second-order valence-electron chi connectivity index (χ2n) is 4.45. The number of piperidine rings is 1. The number of amides is 2. The Morgan fingerprint density at radius 3 is 2.53 bits per heavy atom. The Kier molecular flexibility index (Phi) is 2.33. The van der Waals surface area contributed by atoms with Crippen LogP contribution >= 0.6 is 15.9 Å². The molecule has 3 nitrogen and oxygen atoms in total. The van der Waals surface area contributed by atoms with Gasteiger partial charge in [-0.05, 0) is 18.6 Å². The van der Waals surface area contributed by atoms with Crippen LogP contribution in [-0.2, 0) is 16.1 Å². The number of imide groups is 1. The van der Waals surface area contributed by atoms with Crippen molar-refractivity contribution in [3.05, 3.63) is 34.1 Å². The van der Waals surface area contributed by atoms with E-state index in [9.17, 15) is 14.0 Å². The third kappa shape index (κ3) is 1.69. The van der Waals surface area contributed by atoms with Gasteiger partial charge in [0.25, 0.3) is 0 Å². The topological polar surface area (TPSA) is 37.4 Å². The molecule has 0 bridgehead atoms. The standard InChI is InChI=1S/C12H9BrFNO2/c13-7-2-1-6(10(14)3-7)5-15-11(16)8-4-9(8)12(15)17/h1-3,8-9H,4-5H2. The number of benzene rings is 1. The molecule has 5 heteroatoms. The summed E-state index contributed by atoms with van der Waals surface area (Å²) in [4.78, 5) is 24.6. The molecule has 1 aliphatic carbocycles. The predicted molar refractivity (Wildman–Crippen MR) is 61.3 cm³/mol. The third-order valence-electron chi connectivity index (χ3n) is 3.30. The van der Waals surface area contributed by atoms with E-state index in [4.69, 9.17) is 0 Å². The molecular formula is C12H9BrFNO2. The van der Waals surface area contributed by atoms with Crippen molar-refractivity contribution in [3.8, 4) is 0 Å². The van der Waals surface area contributed by atoms with Gasteiger partial charge in [0.15, 0.2) is 0 Å². The Hall–Kier alpha value is -1.23. The van der Waals surface area contributed by atoms with E-state index in [1.165, 1.54) is 11.0 Å². The molecule has 2 fully saturated rings. The highest BCUT2D eigenvalue weighted by Crippen LogP contribution is 2.47. The van der Waals surface area contributed by atoms with Crippen LogP contribution < -0.4 is 0 Å². The van der Waals surface area contributed by atoms with Gasteiger partial charge >= 0.3 is 0 Å². The van der Waals surface area contributed by atoms with Gasteiger partial charge in [-0.3, -0.25) is 14.5 Å². The van der Waals surface area contributed by atoms with Gasteiger partial charge in [0, 0.05) is 10.0 Å². The molecule has 0 spiro atoms. The molecule has 17 heavy (non-hydrogen) atoms. The highest BCUT2D eigenvalue weighted by atomic mass is 79.9. The van der Waals surface area contributed by atoms with Crippen molar-refractivity contribution in [1.29, 1.82) is 0 Å². The summed E-state index contributed by atoms with van der Waals surface area (Å²) in [5, 5.41) is 0. The van der Waals surface area contributed by atoms with Crippen molar-refractivity contribution in [2.75, 3.05) is 0 Å². The summed E-state index contributed by atoms with van der Waals surface area (Å²) in [6.45, 7) is 0.0454. The normalized spacial score (nSPS) is 26.4. The van der Waals surface area contributed by atoms with Crippen LogP contribution in [0.5, 0.6) is 0 Å². The first-order valence-electron chi connectivity index (χ1n) is 5.37. The minimum atomic E-state index is -0.402. The van der Waals surface area contributed by atoms with Crippen LogP contribution in [0.25, 0.3) is 0 Å². The maximum atomic E-state index is 13.6. The summed E-state index contributed by atoms with van der Waals surface area (Å²) >= 11 is 3.16. The molecule has 3 rings (SSSR count). The average molecular weight is 298 g/mol. The van der Waals surface area contributed by atoms with Crippen LogP contribution in [0.4, 0.5) is 4.39 Å². The van der Waals surface area contributed by atoms with E-state index in [2.05, 4.69) is 15.9 Å².